The van der Waals surface area contributed by atoms with Crippen LogP contribution in [-0.2, 0) is 0 Å². The number of benzene rings is 3. The summed E-state index contributed by atoms with van der Waals surface area (Å²) in [5.41, 5.74) is 8.20. The topological polar surface area (TPSA) is 78.0 Å². The van der Waals surface area contributed by atoms with Crippen LogP contribution < -0.4 is 5.73 Å². The summed E-state index contributed by atoms with van der Waals surface area (Å²) in [5.74, 6) is -0.614. The summed E-state index contributed by atoms with van der Waals surface area (Å²) in [4.78, 5) is 26.1. The van der Waals surface area contributed by atoms with Crippen LogP contribution in [0.25, 0.3) is 5.69 Å². The van der Waals surface area contributed by atoms with Gasteiger partial charge in [0.2, 0.25) is 11.6 Å². The highest BCUT2D eigenvalue weighted by atomic mass is 16.1. The number of nitrogens with zero attached hydrogens (tertiary/aromatic N) is 2. The molecule has 136 valence electrons. The number of rotatable bonds is 5. The van der Waals surface area contributed by atoms with Crippen LogP contribution in [0.3, 0.4) is 0 Å². The first-order chi connectivity index (χ1) is 13.7. The summed E-state index contributed by atoms with van der Waals surface area (Å²) >= 11 is 0. The molecule has 0 radical (unpaired) electrons. The second-order valence-corrected chi connectivity index (χ2v) is 6.25. The number of carbonyl (C=O) groups excluding carboxylic acids is 2. The van der Waals surface area contributed by atoms with Gasteiger partial charge < -0.3 is 5.73 Å². The number of aromatic nitrogens is 2. The number of hydrogen-bond acceptors (Lipinski definition) is 4. The fourth-order valence-corrected chi connectivity index (χ4v) is 3.02. The van der Waals surface area contributed by atoms with Gasteiger partial charge in [0.05, 0.1) is 11.4 Å². The number of para-hydroxylation sites is 1. The van der Waals surface area contributed by atoms with Gasteiger partial charge in [-0.05, 0) is 12.1 Å². The van der Waals surface area contributed by atoms with Crippen molar-refractivity contribution in [1.82, 2.24) is 9.78 Å². The second-order valence-electron chi connectivity index (χ2n) is 6.25. The van der Waals surface area contributed by atoms with Gasteiger partial charge in [0.1, 0.15) is 5.69 Å². The minimum Gasteiger partial charge on any atom is -0.395 e. The van der Waals surface area contributed by atoms with E-state index in [0.29, 0.717) is 16.8 Å². The average molecular weight is 367 g/mol. The van der Waals surface area contributed by atoms with Gasteiger partial charge in [-0.3, -0.25) is 9.59 Å². The maximum absolute atomic E-state index is 13.2. The van der Waals surface area contributed by atoms with Crippen molar-refractivity contribution in [3.8, 4) is 5.69 Å². The molecule has 0 bridgehead atoms. The van der Waals surface area contributed by atoms with Gasteiger partial charge in [0, 0.05) is 11.1 Å². The Morgan fingerprint density at radius 1 is 0.679 bits per heavy atom. The molecule has 0 atom stereocenters. The van der Waals surface area contributed by atoms with E-state index in [1.807, 2.05) is 42.5 Å². The van der Waals surface area contributed by atoms with Gasteiger partial charge in [-0.1, -0.05) is 78.9 Å². The molecule has 0 aliphatic carbocycles. The Morgan fingerprint density at radius 2 is 1.14 bits per heavy atom. The van der Waals surface area contributed by atoms with E-state index in [1.165, 1.54) is 4.68 Å². The minimum atomic E-state index is -0.324. The van der Waals surface area contributed by atoms with Crippen molar-refractivity contribution in [2.45, 2.75) is 0 Å². The van der Waals surface area contributed by atoms with Crippen LogP contribution in [0.2, 0.25) is 0 Å². The average Bonchev–Trinajstić information content (AvgIpc) is 3.11. The van der Waals surface area contributed by atoms with Gasteiger partial charge in [0.15, 0.2) is 5.69 Å². The fraction of sp³-hybridized carbons (Fsp3) is 0. The van der Waals surface area contributed by atoms with E-state index in [-0.39, 0.29) is 28.6 Å². The van der Waals surface area contributed by atoms with Crippen molar-refractivity contribution >= 4 is 17.3 Å². The highest BCUT2D eigenvalue weighted by Crippen LogP contribution is 2.26. The van der Waals surface area contributed by atoms with Crippen molar-refractivity contribution in [3.63, 3.8) is 0 Å². The summed E-state index contributed by atoms with van der Waals surface area (Å²) < 4.78 is 1.45. The molecule has 0 aliphatic heterocycles. The lowest BCUT2D eigenvalue weighted by molar-refractivity contribution is 0.102. The van der Waals surface area contributed by atoms with Crippen molar-refractivity contribution in [2.75, 3.05) is 5.73 Å². The van der Waals surface area contributed by atoms with Gasteiger partial charge in [0.25, 0.3) is 0 Å². The molecule has 2 N–H and O–H groups in total. The fourth-order valence-electron chi connectivity index (χ4n) is 3.02. The van der Waals surface area contributed by atoms with Crippen LogP contribution in [0.4, 0.5) is 5.69 Å². The summed E-state index contributed by atoms with van der Waals surface area (Å²) in [6.07, 6.45) is 0. The van der Waals surface area contributed by atoms with Crippen molar-refractivity contribution in [2.24, 2.45) is 0 Å². The van der Waals surface area contributed by atoms with Gasteiger partial charge in [-0.15, -0.1) is 0 Å². The SMILES string of the molecule is Nc1c(C(=O)c2ccccc2)nn(-c2ccccc2)c1C(=O)c1ccccc1. The number of nitrogen functional groups attached to an aromatic ring is 1. The molecule has 0 amide bonds. The molecule has 5 heteroatoms. The van der Waals surface area contributed by atoms with E-state index >= 15 is 0 Å². The first-order valence-corrected chi connectivity index (χ1v) is 8.80. The van der Waals surface area contributed by atoms with Crippen molar-refractivity contribution < 1.29 is 9.59 Å². The predicted octanol–water partition coefficient (Wildman–Crippen LogP) is 3.92. The van der Waals surface area contributed by atoms with Crippen LogP contribution in [0.5, 0.6) is 0 Å². The molecule has 1 heterocycles. The van der Waals surface area contributed by atoms with Crippen LogP contribution >= 0.6 is 0 Å². The molecule has 4 aromatic rings. The third kappa shape index (κ3) is 3.10. The highest BCUT2D eigenvalue weighted by molar-refractivity contribution is 6.17. The number of ketones is 2. The maximum atomic E-state index is 13.2. The molecular formula is C23H17N3O2. The van der Waals surface area contributed by atoms with E-state index < -0.39 is 0 Å². The maximum Gasteiger partial charge on any atom is 0.215 e. The standard InChI is InChI=1S/C23H17N3O2/c24-19-20(22(27)16-10-4-1-5-11-16)25-26(18-14-8-3-9-15-18)21(19)23(28)17-12-6-2-7-13-17/h1-15H,24H2. The number of anilines is 1. The molecule has 0 saturated heterocycles. The Kier molecular flexibility index (Phi) is 4.56. The van der Waals surface area contributed by atoms with E-state index in [0.717, 1.165) is 0 Å². The van der Waals surface area contributed by atoms with Crippen molar-refractivity contribution in [3.05, 3.63) is 114 Å². The largest absolute Gasteiger partial charge is 0.395 e. The first kappa shape index (κ1) is 17.4. The lowest BCUT2D eigenvalue weighted by Gasteiger charge is -2.07. The van der Waals surface area contributed by atoms with Crippen LogP contribution in [0, 0.1) is 0 Å². The normalized spacial score (nSPS) is 10.6. The first-order valence-electron chi connectivity index (χ1n) is 8.80. The summed E-state index contributed by atoms with van der Waals surface area (Å²) in [6, 6.07) is 26.7. The lowest BCUT2D eigenvalue weighted by atomic mass is 10.0. The molecule has 4 rings (SSSR count). The van der Waals surface area contributed by atoms with Gasteiger partial charge >= 0.3 is 0 Å². The zero-order valence-electron chi connectivity index (χ0n) is 14.9. The summed E-state index contributed by atoms with van der Waals surface area (Å²) in [7, 11) is 0. The molecule has 5 nitrogen and oxygen atoms in total. The molecule has 3 aromatic carbocycles. The predicted molar refractivity (Wildman–Crippen MR) is 108 cm³/mol. The third-order valence-electron chi connectivity index (χ3n) is 4.42. The molecular weight excluding hydrogens is 350 g/mol. The molecule has 0 aliphatic rings. The molecule has 28 heavy (non-hydrogen) atoms. The van der Waals surface area contributed by atoms with E-state index in [4.69, 9.17) is 5.73 Å². The Bertz CT molecular complexity index is 1130. The Hall–Kier alpha value is -3.99. The van der Waals surface area contributed by atoms with E-state index in [2.05, 4.69) is 5.10 Å². The molecule has 0 spiro atoms. The Labute approximate surface area is 162 Å². The van der Waals surface area contributed by atoms with E-state index in [1.54, 1.807) is 48.5 Å². The lowest BCUT2D eigenvalue weighted by Crippen LogP contribution is -2.11. The van der Waals surface area contributed by atoms with Crippen LogP contribution in [0.15, 0.2) is 91.0 Å². The second kappa shape index (κ2) is 7.32. The quantitative estimate of drug-likeness (QED) is 0.542. The van der Waals surface area contributed by atoms with Gasteiger partial charge in [-0.2, -0.15) is 5.10 Å². The third-order valence-corrected chi connectivity index (χ3v) is 4.42. The number of carbonyl (C=O) groups is 2. The minimum absolute atomic E-state index is 0.0642. The van der Waals surface area contributed by atoms with Crippen LogP contribution in [0.1, 0.15) is 32.1 Å². The number of hydrogen-bond donors (Lipinski definition) is 1. The Morgan fingerprint density at radius 3 is 1.68 bits per heavy atom. The van der Waals surface area contributed by atoms with E-state index in [9.17, 15) is 9.59 Å². The molecule has 0 fully saturated rings. The number of nitrogens with two attached hydrogens (primary N) is 1. The zero-order chi connectivity index (χ0) is 19.5. The Balaban J connectivity index is 1.90. The molecule has 1 aromatic heterocycles. The summed E-state index contributed by atoms with van der Waals surface area (Å²) in [5, 5.41) is 4.42. The monoisotopic (exact) mass is 367 g/mol. The molecule has 0 unspecified atom stereocenters. The smallest absolute Gasteiger partial charge is 0.215 e. The van der Waals surface area contributed by atoms with Crippen LogP contribution in [-0.4, -0.2) is 21.3 Å². The van der Waals surface area contributed by atoms with Crippen molar-refractivity contribution in [1.29, 1.82) is 0 Å². The molecule has 0 saturated carbocycles. The summed E-state index contributed by atoms with van der Waals surface area (Å²) in [6.45, 7) is 0. The highest BCUT2D eigenvalue weighted by Gasteiger charge is 2.27. The zero-order valence-corrected chi connectivity index (χ0v) is 14.9. The van der Waals surface area contributed by atoms with Gasteiger partial charge in [-0.25, -0.2) is 4.68 Å².